The first-order valence-electron chi connectivity index (χ1n) is 7.71. The monoisotopic (exact) mass is 416 g/mol. The molecule has 0 saturated carbocycles. The van der Waals surface area contributed by atoms with Gasteiger partial charge in [-0.2, -0.15) is 5.26 Å². The zero-order valence-corrected chi connectivity index (χ0v) is 15.8. The zero-order valence-electron chi connectivity index (χ0n) is 14.2. The highest BCUT2D eigenvalue weighted by Gasteiger charge is 2.13. The molecule has 134 valence electrons. The fraction of sp³-hybridized carbons (Fsp3) is 0.158. The first-order chi connectivity index (χ1) is 12.5. The van der Waals surface area contributed by atoms with E-state index in [0.29, 0.717) is 33.8 Å². The van der Waals surface area contributed by atoms with Crippen LogP contribution >= 0.6 is 15.9 Å². The largest absolute Gasteiger partial charge is 0.508 e. The number of methoxy groups -OCH3 is 1. The Bertz CT molecular complexity index is 870. The summed E-state index contributed by atoms with van der Waals surface area (Å²) in [6.07, 6.45) is 1.46. The quantitative estimate of drug-likeness (QED) is 0.419. The molecule has 0 saturated heterocycles. The fourth-order valence-corrected chi connectivity index (χ4v) is 2.81. The van der Waals surface area contributed by atoms with Crippen LogP contribution in [0.4, 0.5) is 5.69 Å². The van der Waals surface area contributed by atoms with Gasteiger partial charge in [-0.3, -0.25) is 4.79 Å². The van der Waals surface area contributed by atoms with Crippen LogP contribution in [0.2, 0.25) is 0 Å². The van der Waals surface area contributed by atoms with E-state index in [1.807, 2.05) is 13.0 Å². The van der Waals surface area contributed by atoms with Crippen LogP contribution in [0.5, 0.6) is 17.2 Å². The topological polar surface area (TPSA) is 91.6 Å². The lowest BCUT2D eigenvalue weighted by molar-refractivity contribution is -0.112. The minimum atomic E-state index is -0.553. The Balaban J connectivity index is 2.31. The van der Waals surface area contributed by atoms with E-state index in [9.17, 15) is 15.2 Å². The number of halogens is 1. The smallest absolute Gasteiger partial charge is 0.266 e. The summed E-state index contributed by atoms with van der Waals surface area (Å²) in [5.41, 5.74) is 1.01. The van der Waals surface area contributed by atoms with Gasteiger partial charge in [0, 0.05) is 5.69 Å². The number of carbonyl (C=O) groups is 1. The van der Waals surface area contributed by atoms with Crippen molar-refractivity contribution in [1.82, 2.24) is 0 Å². The van der Waals surface area contributed by atoms with E-state index in [0.717, 1.165) is 0 Å². The number of amides is 1. The van der Waals surface area contributed by atoms with Crippen molar-refractivity contribution in [1.29, 1.82) is 5.26 Å². The van der Waals surface area contributed by atoms with Gasteiger partial charge in [0.05, 0.1) is 18.2 Å². The third kappa shape index (κ3) is 4.77. The van der Waals surface area contributed by atoms with Crippen LogP contribution in [0.3, 0.4) is 0 Å². The van der Waals surface area contributed by atoms with Crippen LogP contribution < -0.4 is 14.8 Å². The second kappa shape index (κ2) is 8.92. The van der Waals surface area contributed by atoms with E-state index in [-0.39, 0.29) is 11.3 Å². The minimum absolute atomic E-state index is 0.0717. The Morgan fingerprint density at radius 2 is 2.04 bits per heavy atom. The number of anilines is 1. The highest BCUT2D eigenvalue weighted by Crippen LogP contribution is 2.37. The Kier molecular flexibility index (Phi) is 6.64. The molecular weight excluding hydrogens is 400 g/mol. The Hall–Kier alpha value is -2.98. The van der Waals surface area contributed by atoms with E-state index < -0.39 is 5.91 Å². The molecule has 1 amide bonds. The molecule has 0 fully saturated rings. The third-order valence-electron chi connectivity index (χ3n) is 3.34. The number of hydrogen-bond acceptors (Lipinski definition) is 5. The molecule has 2 aromatic rings. The molecule has 2 N–H and O–H groups in total. The van der Waals surface area contributed by atoms with Gasteiger partial charge < -0.3 is 19.9 Å². The molecule has 0 atom stereocenters. The normalized spacial score (nSPS) is 10.8. The predicted molar refractivity (Wildman–Crippen MR) is 102 cm³/mol. The lowest BCUT2D eigenvalue weighted by Crippen LogP contribution is -2.13. The van der Waals surface area contributed by atoms with Crippen LogP contribution in [0.25, 0.3) is 6.08 Å². The molecule has 0 spiro atoms. The molecule has 0 radical (unpaired) electrons. The van der Waals surface area contributed by atoms with Gasteiger partial charge in [-0.25, -0.2) is 0 Å². The van der Waals surface area contributed by atoms with Gasteiger partial charge in [0.15, 0.2) is 11.5 Å². The second-order valence-corrected chi connectivity index (χ2v) is 5.99. The Labute approximate surface area is 159 Å². The summed E-state index contributed by atoms with van der Waals surface area (Å²) in [5, 5.41) is 21.2. The number of aromatic hydroxyl groups is 1. The number of phenols is 1. The zero-order chi connectivity index (χ0) is 19.1. The first-order valence-corrected chi connectivity index (χ1v) is 8.50. The van der Waals surface area contributed by atoms with Gasteiger partial charge in [0.2, 0.25) is 0 Å². The van der Waals surface area contributed by atoms with Crippen LogP contribution in [-0.4, -0.2) is 24.7 Å². The van der Waals surface area contributed by atoms with E-state index in [1.165, 1.54) is 25.3 Å². The van der Waals surface area contributed by atoms with E-state index in [2.05, 4.69) is 21.2 Å². The number of phenolic OH excluding ortho intramolecular Hbond substituents is 1. The van der Waals surface area contributed by atoms with Crippen LogP contribution in [0.1, 0.15) is 12.5 Å². The lowest BCUT2D eigenvalue weighted by Gasteiger charge is -2.12. The molecule has 0 aliphatic rings. The maximum Gasteiger partial charge on any atom is 0.266 e. The Morgan fingerprint density at radius 3 is 2.62 bits per heavy atom. The van der Waals surface area contributed by atoms with Crippen molar-refractivity contribution in [3.8, 4) is 23.3 Å². The molecular formula is C19H17BrN2O4. The average Bonchev–Trinajstić information content (AvgIpc) is 2.61. The number of nitrogens with one attached hydrogen (secondary N) is 1. The number of rotatable bonds is 6. The fourth-order valence-electron chi connectivity index (χ4n) is 2.19. The first kappa shape index (κ1) is 19.3. The third-order valence-corrected chi connectivity index (χ3v) is 3.93. The van der Waals surface area contributed by atoms with Gasteiger partial charge >= 0.3 is 0 Å². The number of ether oxygens (including phenoxy) is 2. The average molecular weight is 417 g/mol. The number of hydrogen-bond donors (Lipinski definition) is 2. The molecule has 0 heterocycles. The molecule has 6 nitrogen and oxygen atoms in total. The van der Waals surface area contributed by atoms with Crippen molar-refractivity contribution >= 4 is 33.6 Å². The van der Waals surface area contributed by atoms with Crippen molar-refractivity contribution in [2.75, 3.05) is 19.0 Å². The van der Waals surface area contributed by atoms with E-state index in [4.69, 9.17) is 9.47 Å². The molecule has 7 heteroatoms. The van der Waals surface area contributed by atoms with Crippen molar-refractivity contribution < 1.29 is 19.4 Å². The maximum absolute atomic E-state index is 12.3. The highest BCUT2D eigenvalue weighted by molar-refractivity contribution is 9.10. The summed E-state index contributed by atoms with van der Waals surface area (Å²) in [7, 11) is 1.53. The number of benzene rings is 2. The van der Waals surface area contributed by atoms with Gasteiger partial charge in [-0.05, 0) is 70.9 Å². The van der Waals surface area contributed by atoms with Crippen LogP contribution in [0, 0.1) is 11.3 Å². The number of nitrogens with zero attached hydrogens (tertiary/aromatic N) is 1. The molecule has 0 aromatic heterocycles. The summed E-state index contributed by atoms with van der Waals surface area (Å²) >= 11 is 3.40. The van der Waals surface area contributed by atoms with Crippen molar-refractivity contribution in [3.05, 3.63) is 52.0 Å². The Morgan fingerprint density at radius 1 is 1.35 bits per heavy atom. The summed E-state index contributed by atoms with van der Waals surface area (Å²) in [6, 6.07) is 11.3. The SMILES string of the molecule is CCOc1cc(/C=C(/C#N)C(=O)Nc2ccc(O)cc2)cc(Br)c1OC. The molecule has 0 unspecified atom stereocenters. The van der Waals surface area contributed by atoms with E-state index in [1.54, 1.807) is 24.3 Å². The molecule has 26 heavy (non-hydrogen) atoms. The van der Waals surface area contributed by atoms with Gasteiger partial charge in [-0.1, -0.05) is 0 Å². The van der Waals surface area contributed by atoms with E-state index >= 15 is 0 Å². The highest BCUT2D eigenvalue weighted by atomic mass is 79.9. The number of nitriles is 1. The van der Waals surface area contributed by atoms with Crippen molar-refractivity contribution in [2.45, 2.75) is 6.92 Å². The van der Waals surface area contributed by atoms with Gasteiger partial charge in [-0.15, -0.1) is 0 Å². The summed E-state index contributed by atoms with van der Waals surface area (Å²) in [5.74, 6) is 0.580. The molecule has 0 aliphatic heterocycles. The molecule has 0 aliphatic carbocycles. The summed E-state index contributed by atoms with van der Waals surface area (Å²) < 4.78 is 11.5. The number of carbonyl (C=O) groups excluding carboxylic acids is 1. The van der Waals surface area contributed by atoms with Crippen LogP contribution in [0.15, 0.2) is 46.4 Å². The van der Waals surface area contributed by atoms with Crippen molar-refractivity contribution in [2.24, 2.45) is 0 Å². The van der Waals surface area contributed by atoms with Gasteiger partial charge in [0.25, 0.3) is 5.91 Å². The predicted octanol–water partition coefficient (Wildman–Crippen LogP) is 4.11. The molecule has 0 bridgehead atoms. The second-order valence-electron chi connectivity index (χ2n) is 5.14. The summed E-state index contributed by atoms with van der Waals surface area (Å²) in [6.45, 7) is 2.30. The molecule has 2 rings (SSSR count). The maximum atomic E-state index is 12.3. The minimum Gasteiger partial charge on any atom is -0.508 e. The summed E-state index contributed by atoms with van der Waals surface area (Å²) in [4.78, 5) is 12.3. The molecule has 2 aromatic carbocycles. The van der Waals surface area contributed by atoms with Crippen LogP contribution in [-0.2, 0) is 4.79 Å². The van der Waals surface area contributed by atoms with Crippen molar-refractivity contribution in [3.63, 3.8) is 0 Å². The lowest BCUT2D eigenvalue weighted by atomic mass is 10.1. The standard InChI is InChI=1S/C19H17BrN2O4/c1-3-26-17-10-12(9-16(20)18(17)25-2)8-13(11-21)19(24)22-14-4-6-15(23)7-5-14/h4-10,23H,3H2,1-2H3,(H,22,24)/b13-8-. The van der Waals surface area contributed by atoms with Gasteiger partial charge in [0.1, 0.15) is 17.4 Å².